The summed E-state index contributed by atoms with van der Waals surface area (Å²) in [5.41, 5.74) is 3.16. The molecule has 0 aliphatic carbocycles. The Balaban J connectivity index is 1.74. The normalized spacial score (nSPS) is 16.8. The zero-order chi connectivity index (χ0) is 20.8. The van der Waals surface area contributed by atoms with Crippen molar-refractivity contribution in [1.29, 1.82) is 0 Å². The molecule has 1 unspecified atom stereocenters. The molecule has 5 nitrogen and oxygen atoms in total. The quantitative estimate of drug-likeness (QED) is 0.427. The summed E-state index contributed by atoms with van der Waals surface area (Å²) in [4.78, 5) is 28.3. The molecule has 1 aliphatic rings. The Morgan fingerprint density at radius 3 is 2.62 bits per heavy atom. The van der Waals surface area contributed by atoms with E-state index in [2.05, 4.69) is 24.6 Å². The fraction of sp³-hybridized carbons (Fsp3) is 0.333. The number of rotatable bonds is 6. The van der Waals surface area contributed by atoms with Crippen molar-refractivity contribution in [2.24, 2.45) is 5.92 Å². The molecule has 0 spiro atoms. The minimum absolute atomic E-state index is 0.0738. The molecule has 152 valence electrons. The van der Waals surface area contributed by atoms with Gasteiger partial charge in [-0.15, -0.1) is 0 Å². The van der Waals surface area contributed by atoms with Crippen molar-refractivity contribution in [3.05, 3.63) is 66.7 Å². The van der Waals surface area contributed by atoms with E-state index in [0.29, 0.717) is 12.3 Å². The van der Waals surface area contributed by atoms with Crippen molar-refractivity contribution in [2.75, 3.05) is 27.2 Å². The highest BCUT2D eigenvalue weighted by Crippen LogP contribution is 2.27. The van der Waals surface area contributed by atoms with Crippen molar-refractivity contribution in [2.45, 2.75) is 19.4 Å². The lowest BCUT2D eigenvalue weighted by Crippen LogP contribution is -2.41. The lowest BCUT2D eigenvalue weighted by Gasteiger charge is -2.31. The summed E-state index contributed by atoms with van der Waals surface area (Å²) in [6.07, 6.45) is 3.17. The van der Waals surface area contributed by atoms with E-state index in [4.69, 9.17) is 4.74 Å². The molecule has 2 aromatic rings. The number of esters is 1. The van der Waals surface area contributed by atoms with Crippen LogP contribution < -0.4 is 4.74 Å². The first-order chi connectivity index (χ1) is 14.0. The molecule has 1 saturated heterocycles. The third-order valence-electron chi connectivity index (χ3n) is 5.33. The van der Waals surface area contributed by atoms with E-state index in [1.807, 2.05) is 42.3 Å². The topological polar surface area (TPSA) is 49.9 Å². The van der Waals surface area contributed by atoms with E-state index in [1.54, 1.807) is 12.1 Å². The van der Waals surface area contributed by atoms with Crippen LogP contribution in [0.3, 0.4) is 0 Å². The van der Waals surface area contributed by atoms with Gasteiger partial charge in [-0.3, -0.25) is 4.79 Å². The summed E-state index contributed by atoms with van der Waals surface area (Å²) in [5, 5.41) is 0. The monoisotopic (exact) mass is 392 g/mol. The van der Waals surface area contributed by atoms with Crippen LogP contribution in [0.4, 0.5) is 0 Å². The number of likely N-dealkylation sites (tertiary alicyclic amines) is 1. The van der Waals surface area contributed by atoms with Crippen LogP contribution >= 0.6 is 0 Å². The van der Waals surface area contributed by atoms with Crippen molar-refractivity contribution in [1.82, 2.24) is 9.80 Å². The zero-order valence-corrected chi connectivity index (χ0v) is 17.1. The van der Waals surface area contributed by atoms with Crippen LogP contribution in [0, 0.1) is 5.92 Å². The summed E-state index contributed by atoms with van der Waals surface area (Å²) in [6, 6.07) is 15.4. The number of hydrogen-bond acceptors (Lipinski definition) is 4. The molecule has 2 aromatic carbocycles. The van der Waals surface area contributed by atoms with Gasteiger partial charge < -0.3 is 14.5 Å². The van der Waals surface area contributed by atoms with E-state index in [1.165, 1.54) is 0 Å². The van der Waals surface area contributed by atoms with E-state index >= 15 is 0 Å². The molecule has 0 radical (unpaired) electrons. The maximum atomic E-state index is 12.9. The third kappa shape index (κ3) is 5.33. The smallest absolute Gasteiger partial charge is 0.335 e. The number of amides is 1. The van der Waals surface area contributed by atoms with Crippen molar-refractivity contribution < 1.29 is 14.3 Å². The molecule has 5 heteroatoms. The average Bonchev–Trinajstić information content (AvgIpc) is 2.74. The van der Waals surface area contributed by atoms with Crippen molar-refractivity contribution >= 4 is 11.9 Å². The van der Waals surface area contributed by atoms with Crippen LogP contribution in [-0.2, 0) is 16.1 Å². The minimum Gasteiger partial charge on any atom is -0.423 e. The Kier molecular flexibility index (Phi) is 6.83. The summed E-state index contributed by atoms with van der Waals surface area (Å²) >= 11 is 0. The van der Waals surface area contributed by atoms with Gasteiger partial charge in [0.25, 0.3) is 0 Å². The van der Waals surface area contributed by atoms with Gasteiger partial charge in [-0.2, -0.15) is 0 Å². The molecular weight excluding hydrogens is 364 g/mol. The number of benzene rings is 2. The fourth-order valence-electron chi connectivity index (χ4n) is 3.81. The first-order valence-electron chi connectivity index (χ1n) is 9.94. The molecule has 1 atom stereocenters. The molecule has 1 aliphatic heterocycles. The second-order valence-corrected chi connectivity index (χ2v) is 7.60. The van der Waals surface area contributed by atoms with Gasteiger partial charge in [-0.1, -0.05) is 43.0 Å². The molecule has 3 rings (SSSR count). The van der Waals surface area contributed by atoms with Crippen molar-refractivity contribution in [3.8, 4) is 16.9 Å². The molecular formula is C24H28N2O3. The van der Waals surface area contributed by atoms with Crippen LogP contribution in [0.2, 0.25) is 0 Å². The van der Waals surface area contributed by atoms with E-state index < -0.39 is 5.97 Å². The van der Waals surface area contributed by atoms with Crippen molar-refractivity contribution in [3.63, 3.8) is 0 Å². The van der Waals surface area contributed by atoms with Gasteiger partial charge >= 0.3 is 5.97 Å². The van der Waals surface area contributed by atoms with Crippen LogP contribution in [0.5, 0.6) is 5.75 Å². The zero-order valence-electron chi connectivity index (χ0n) is 17.1. The predicted octanol–water partition coefficient (Wildman–Crippen LogP) is 3.75. The molecule has 29 heavy (non-hydrogen) atoms. The van der Waals surface area contributed by atoms with Gasteiger partial charge in [-0.05, 0) is 55.3 Å². The van der Waals surface area contributed by atoms with Gasteiger partial charge in [0.15, 0.2) is 0 Å². The van der Waals surface area contributed by atoms with E-state index in [-0.39, 0.29) is 11.8 Å². The third-order valence-corrected chi connectivity index (χ3v) is 5.33. The molecule has 1 fully saturated rings. The average molecular weight is 392 g/mol. The Morgan fingerprint density at radius 2 is 1.93 bits per heavy atom. The number of hydrogen-bond donors (Lipinski definition) is 0. The summed E-state index contributed by atoms with van der Waals surface area (Å²) < 4.78 is 5.14. The summed E-state index contributed by atoms with van der Waals surface area (Å²) in [5.74, 6) is 0.277. The van der Waals surface area contributed by atoms with Gasteiger partial charge in [0.05, 0.1) is 5.92 Å². The second kappa shape index (κ2) is 9.52. The number of piperidine rings is 1. The molecule has 0 N–H and O–H groups in total. The highest BCUT2D eigenvalue weighted by molar-refractivity contribution is 5.83. The molecule has 1 amide bonds. The second-order valence-electron chi connectivity index (χ2n) is 7.60. The maximum Gasteiger partial charge on any atom is 0.335 e. The van der Waals surface area contributed by atoms with Gasteiger partial charge in [-0.25, -0.2) is 4.79 Å². The molecule has 0 bridgehead atoms. The number of carbonyl (C=O) groups excluding carboxylic acids is 2. The number of ether oxygens (including phenoxy) is 1. The Morgan fingerprint density at radius 1 is 1.21 bits per heavy atom. The first kappa shape index (κ1) is 20.8. The Labute approximate surface area is 172 Å². The molecule has 0 aromatic heterocycles. The van der Waals surface area contributed by atoms with Crippen LogP contribution in [0.25, 0.3) is 11.1 Å². The van der Waals surface area contributed by atoms with Gasteiger partial charge in [0.1, 0.15) is 5.75 Å². The molecule has 1 heterocycles. The summed E-state index contributed by atoms with van der Waals surface area (Å²) in [7, 11) is 3.95. The van der Waals surface area contributed by atoms with Crippen LogP contribution in [-0.4, -0.2) is 48.9 Å². The predicted molar refractivity (Wildman–Crippen MR) is 114 cm³/mol. The van der Waals surface area contributed by atoms with Gasteiger partial charge in [0, 0.05) is 26.2 Å². The van der Waals surface area contributed by atoms with E-state index in [9.17, 15) is 9.59 Å². The highest BCUT2D eigenvalue weighted by atomic mass is 16.5. The lowest BCUT2D eigenvalue weighted by atomic mass is 9.96. The standard InChI is InChI=1S/C24H28N2O3/c1-4-23(27)29-21-13-11-18(12-14-21)22-10-6-5-8-19(22)17-26(3)24(28)20-9-7-15-25(2)16-20/h4-6,8,10-14,20H,1,7,9,15-17H2,2-3H3. The Hall–Kier alpha value is -2.92. The summed E-state index contributed by atoms with van der Waals surface area (Å²) in [6.45, 7) is 5.85. The largest absolute Gasteiger partial charge is 0.423 e. The highest BCUT2D eigenvalue weighted by Gasteiger charge is 2.26. The maximum absolute atomic E-state index is 12.9. The molecule has 0 saturated carbocycles. The number of carbonyl (C=O) groups is 2. The SMILES string of the molecule is C=CC(=O)Oc1ccc(-c2ccccc2CN(C)C(=O)C2CCCN(C)C2)cc1. The van der Waals surface area contributed by atoms with E-state index in [0.717, 1.165) is 48.7 Å². The number of nitrogens with zero attached hydrogens (tertiary/aromatic N) is 2. The van der Waals surface area contributed by atoms with Crippen LogP contribution in [0.1, 0.15) is 18.4 Å². The fourth-order valence-corrected chi connectivity index (χ4v) is 3.81. The lowest BCUT2D eigenvalue weighted by molar-refractivity contribution is -0.136. The first-order valence-corrected chi connectivity index (χ1v) is 9.94. The van der Waals surface area contributed by atoms with Gasteiger partial charge in [0.2, 0.25) is 5.91 Å². The minimum atomic E-state index is -0.480. The Bertz CT molecular complexity index is 876. The van der Waals surface area contributed by atoms with Crippen LogP contribution in [0.15, 0.2) is 61.2 Å².